The maximum atomic E-state index is 12.5. The summed E-state index contributed by atoms with van der Waals surface area (Å²) in [5, 5.41) is 3.37. The van der Waals surface area contributed by atoms with Crippen molar-refractivity contribution in [3.8, 4) is 11.5 Å². The molecule has 9 heteroatoms. The Kier molecular flexibility index (Phi) is 7.82. The normalized spacial score (nSPS) is 21.1. The quantitative estimate of drug-likeness (QED) is 0.374. The predicted molar refractivity (Wildman–Crippen MR) is 120 cm³/mol. The van der Waals surface area contributed by atoms with E-state index in [0.717, 1.165) is 55.5 Å². The number of carbonyl (C=O) groups excluding carboxylic acids is 1. The van der Waals surface area contributed by atoms with Crippen LogP contribution in [0.15, 0.2) is 23.2 Å². The van der Waals surface area contributed by atoms with Gasteiger partial charge in [0.1, 0.15) is 6.10 Å². The minimum atomic E-state index is -0.240. The lowest BCUT2D eigenvalue weighted by molar-refractivity contribution is -0.142. The van der Waals surface area contributed by atoms with Crippen LogP contribution in [0.1, 0.15) is 25.3 Å². The first-order valence-corrected chi connectivity index (χ1v) is 10.1. The van der Waals surface area contributed by atoms with E-state index in [-0.39, 0.29) is 42.8 Å². The smallest absolute Gasteiger partial charge is 0.251 e. The molecule has 0 saturated carbocycles. The Balaban J connectivity index is 0.00000240. The molecule has 8 nitrogen and oxygen atoms in total. The molecule has 29 heavy (non-hydrogen) atoms. The van der Waals surface area contributed by atoms with Crippen LogP contribution in [0, 0.1) is 0 Å². The summed E-state index contributed by atoms with van der Waals surface area (Å²) in [5.74, 6) is 2.56. The molecular weight excluding hydrogens is 487 g/mol. The minimum Gasteiger partial charge on any atom is -0.454 e. The van der Waals surface area contributed by atoms with Gasteiger partial charge in [-0.1, -0.05) is 12.1 Å². The van der Waals surface area contributed by atoms with Crippen LogP contribution in [-0.2, 0) is 16.1 Å². The standard InChI is InChI=1S/C20H28N4O4.HI/c1-2-21-20(22-13-15-5-3-6-16-18(15)28-14-27-16)24-10-8-23(9-11-24)19(25)17-7-4-12-26-17;/h3,5-6,17H,2,4,7-14H2,1H3,(H,21,22);1H. The molecule has 2 saturated heterocycles. The summed E-state index contributed by atoms with van der Waals surface area (Å²) in [6, 6.07) is 5.88. The number of ether oxygens (including phenoxy) is 3. The number of benzene rings is 1. The van der Waals surface area contributed by atoms with Crippen molar-refractivity contribution in [1.82, 2.24) is 15.1 Å². The molecule has 0 aromatic heterocycles. The first-order chi connectivity index (χ1) is 13.8. The zero-order valence-electron chi connectivity index (χ0n) is 16.8. The average molecular weight is 516 g/mol. The van der Waals surface area contributed by atoms with Gasteiger partial charge in [-0.25, -0.2) is 4.99 Å². The van der Waals surface area contributed by atoms with E-state index in [1.807, 2.05) is 23.1 Å². The third kappa shape index (κ3) is 5.06. The predicted octanol–water partition coefficient (Wildman–Crippen LogP) is 1.82. The summed E-state index contributed by atoms with van der Waals surface area (Å²) in [6.07, 6.45) is 1.58. The van der Waals surface area contributed by atoms with Crippen molar-refractivity contribution in [1.29, 1.82) is 0 Å². The molecule has 0 radical (unpaired) electrons. The van der Waals surface area contributed by atoms with Crippen LogP contribution >= 0.6 is 24.0 Å². The number of halogens is 1. The highest BCUT2D eigenvalue weighted by Crippen LogP contribution is 2.35. The Labute approximate surface area is 188 Å². The molecule has 1 aromatic carbocycles. The number of guanidine groups is 1. The van der Waals surface area contributed by atoms with Crippen molar-refractivity contribution < 1.29 is 19.0 Å². The zero-order valence-corrected chi connectivity index (χ0v) is 19.1. The number of carbonyl (C=O) groups is 1. The van der Waals surface area contributed by atoms with Crippen molar-refractivity contribution in [2.75, 3.05) is 46.1 Å². The molecule has 0 bridgehead atoms. The summed E-state index contributed by atoms with van der Waals surface area (Å²) in [4.78, 5) is 21.5. The largest absolute Gasteiger partial charge is 0.454 e. The first kappa shape index (κ1) is 21.9. The second kappa shape index (κ2) is 10.3. The summed E-state index contributed by atoms with van der Waals surface area (Å²) in [7, 11) is 0. The number of para-hydroxylation sites is 1. The van der Waals surface area contributed by atoms with Crippen molar-refractivity contribution >= 4 is 35.8 Å². The van der Waals surface area contributed by atoms with Gasteiger partial charge in [-0.2, -0.15) is 0 Å². The SMILES string of the molecule is CCNC(=NCc1cccc2c1OCO2)N1CCN(C(=O)C2CCCO2)CC1.I. The van der Waals surface area contributed by atoms with E-state index in [4.69, 9.17) is 19.2 Å². The van der Waals surface area contributed by atoms with Crippen LogP contribution in [-0.4, -0.2) is 73.9 Å². The van der Waals surface area contributed by atoms with Crippen molar-refractivity contribution in [2.45, 2.75) is 32.4 Å². The van der Waals surface area contributed by atoms with E-state index in [1.54, 1.807) is 0 Å². The Morgan fingerprint density at radius 1 is 1.21 bits per heavy atom. The fourth-order valence-electron chi connectivity index (χ4n) is 3.82. The minimum absolute atomic E-state index is 0. The summed E-state index contributed by atoms with van der Waals surface area (Å²) in [5.41, 5.74) is 1.01. The van der Waals surface area contributed by atoms with E-state index in [9.17, 15) is 4.79 Å². The van der Waals surface area contributed by atoms with Gasteiger partial charge in [-0.3, -0.25) is 4.79 Å². The maximum absolute atomic E-state index is 12.5. The second-order valence-electron chi connectivity index (χ2n) is 7.14. The van der Waals surface area contributed by atoms with Gasteiger partial charge >= 0.3 is 0 Å². The van der Waals surface area contributed by atoms with E-state index in [2.05, 4.69) is 17.1 Å². The number of hydrogen-bond donors (Lipinski definition) is 1. The number of rotatable bonds is 4. The van der Waals surface area contributed by atoms with Crippen LogP contribution in [0.2, 0.25) is 0 Å². The van der Waals surface area contributed by atoms with Gasteiger partial charge in [-0.15, -0.1) is 24.0 Å². The summed E-state index contributed by atoms with van der Waals surface area (Å²) in [6.45, 7) is 7.24. The summed E-state index contributed by atoms with van der Waals surface area (Å²) < 4.78 is 16.6. The van der Waals surface area contributed by atoms with Crippen LogP contribution in [0.25, 0.3) is 0 Å². The number of hydrogen-bond acceptors (Lipinski definition) is 5. The molecule has 1 atom stereocenters. The van der Waals surface area contributed by atoms with Crippen molar-refractivity contribution in [3.63, 3.8) is 0 Å². The lowest BCUT2D eigenvalue weighted by Gasteiger charge is -2.37. The number of piperazine rings is 1. The van der Waals surface area contributed by atoms with Gasteiger partial charge in [0, 0.05) is 44.9 Å². The molecule has 4 rings (SSSR count). The molecule has 3 aliphatic heterocycles. The maximum Gasteiger partial charge on any atom is 0.251 e. The lowest BCUT2D eigenvalue weighted by atomic mass is 10.2. The van der Waals surface area contributed by atoms with E-state index in [1.165, 1.54) is 0 Å². The number of amides is 1. The zero-order chi connectivity index (χ0) is 19.3. The molecule has 160 valence electrons. The topological polar surface area (TPSA) is 75.6 Å². The van der Waals surface area contributed by atoms with Gasteiger partial charge in [0.2, 0.25) is 6.79 Å². The van der Waals surface area contributed by atoms with Gasteiger partial charge in [0.25, 0.3) is 5.91 Å². The fourth-order valence-corrected chi connectivity index (χ4v) is 3.82. The van der Waals surface area contributed by atoms with Crippen LogP contribution in [0.4, 0.5) is 0 Å². The number of fused-ring (bicyclic) bond motifs is 1. The van der Waals surface area contributed by atoms with Crippen molar-refractivity contribution in [2.24, 2.45) is 4.99 Å². The van der Waals surface area contributed by atoms with E-state index in [0.29, 0.717) is 26.2 Å². The van der Waals surface area contributed by atoms with Gasteiger partial charge in [0.05, 0.1) is 6.54 Å². The Hall–Kier alpha value is -1.75. The molecule has 1 N–H and O–H groups in total. The molecular formula is C20H29IN4O4. The second-order valence-corrected chi connectivity index (χ2v) is 7.14. The van der Waals surface area contributed by atoms with Crippen molar-refractivity contribution in [3.05, 3.63) is 23.8 Å². The van der Waals surface area contributed by atoms with Crippen LogP contribution in [0.3, 0.4) is 0 Å². The molecule has 2 fully saturated rings. The average Bonchev–Trinajstić information content (AvgIpc) is 3.43. The van der Waals surface area contributed by atoms with Crippen LogP contribution < -0.4 is 14.8 Å². The highest BCUT2D eigenvalue weighted by molar-refractivity contribution is 14.0. The first-order valence-electron chi connectivity index (χ1n) is 10.1. The monoisotopic (exact) mass is 516 g/mol. The molecule has 3 heterocycles. The Bertz CT molecular complexity index is 731. The molecule has 1 aromatic rings. The number of nitrogens with zero attached hydrogens (tertiary/aromatic N) is 3. The third-order valence-corrected chi connectivity index (χ3v) is 5.31. The molecule has 0 aliphatic carbocycles. The Morgan fingerprint density at radius 3 is 2.72 bits per heavy atom. The van der Waals surface area contributed by atoms with Gasteiger partial charge in [-0.05, 0) is 25.8 Å². The van der Waals surface area contributed by atoms with Gasteiger partial charge in [0.15, 0.2) is 17.5 Å². The molecule has 1 unspecified atom stereocenters. The third-order valence-electron chi connectivity index (χ3n) is 5.31. The van der Waals surface area contributed by atoms with E-state index < -0.39 is 0 Å². The highest BCUT2D eigenvalue weighted by atomic mass is 127. The molecule has 3 aliphatic rings. The summed E-state index contributed by atoms with van der Waals surface area (Å²) >= 11 is 0. The Morgan fingerprint density at radius 2 is 2.00 bits per heavy atom. The molecule has 0 spiro atoms. The lowest BCUT2D eigenvalue weighted by Crippen LogP contribution is -2.55. The van der Waals surface area contributed by atoms with Crippen LogP contribution in [0.5, 0.6) is 11.5 Å². The van der Waals surface area contributed by atoms with E-state index >= 15 is 0 Å². The van der Waals surface area contributed by atoms with Gasteiger partial charge < -0.3 is 29.3 Å². The number of aliphatic imine (C=N–C) groups is 1. The fraction of sp³-hybridized carbons (Fsp3) is 0.600. The number of nitrogens with one attached hydrogen (secondary N) is 1. The molecule has 1 amide bonds. The highest BCUT2D eigenvalue weighted by Gasteiger charge is 2.31.